The lowest BCUT2D eigenvalue weighted by molar-refractivity contribution is -0.114. The molecule has 7 heteroatoms. The van der Waals surface area contributed by atoms with Crippen LogP contribution in [0.2, 0.25) is 5.02 Å². The molecule has 3 rings (SSSR count). The maximum atomic E-state index is 11.5. The van der Waals surface area contributed by atoms with Gasteiger partial charge in [-0.05, 0) is 24.6 Å². The molecule has 0 fully saturated rings. The SMILES string of the molecule is CC(=O)Nc1sc(NN=Cc2cccc(Cl)c2)nc1-c1ccc(C)cc1. The van der Waals surface area contributed by atoms with Crippen LogP contribution in [-0.4, -0.2) is 17.1 Å². The second-order valence-corrected chi connectivity index (χ2v) is 7.10. The van der Waals surface area contributed by atoms with Crippen molar-refractivity contribution in [2.45, 2.75) is 13.8 Å². The highest BCUT2D eigenvalue weighted by Crippen LogP contribution is 2.36. The number of rotatable bonds is 5. The van der Waals surface area contributed by atoms with Crippen LogP contribution >= 0.6 is 22.9 Å². The molecule has 26 heavy (non-hydrogen) atoms. The van der Waals surface area contributed by atoms with E-state index in [1.807, 2.05) is 49.4 Å². The summed E-state index contributed by atoms with van der Waals surface area (Å²) in [5, 5.41) is 8.94. The Morgan fingerprint density at radius 1 is 1.23 bits per heavy atom. The Labute approximate surface area is 160 Å². The topological polar surface area (TPSA) is 66.4 Å². The zero-order valence-electron chi connectivity index (χ0n) is 14.3. The van der Waals surface area contributed by atoms with Gasteiger partial charge in [-0.25, -0.2) is 4.98 Å². The number of anilines is 2. The molecule has 1 amide bonds. The third-order valence-corrected chi connectivity index (χ3v) is 4.57. The average molecular weight is 385 g/mol. The second kappa shape index (κ2) is 8.12. The Hall–Kier alpha value is -2.70. The molecule has 0 atom stereocenters. The number of aryl methyl sites for hydroxylation is 1. The molecular formula is C19H17ClN4OS. The van der Waals surface area contributed by atoms with E-state index in [1.54, 1.807) is 12.3 Å². The first-order chi connectivity index (χ1) is 12.5. The van der Waals surface area contributed by atoms with Crippen molar-refractivity contribution in [3.8, 4) is 11.3 Å². The van der Waals surface area contributed by atoms with E-state index in [-0.39, 0.29) is 5.91 Å². The van der Waals surface area contributed by atoms with Crippen molar-refractivity contribution in [2.75, 3.05) is 10.7 Å². The summed E-state index contributed by atoms with van der Waals surface area (Å²) < 4.78 is 0. The van der Waals surface area contributed by atoms with E-state index in [0.29, 0.717) is 20.8 Å². The maximum absolute atomic E-state index is 11.5. The van der Waals surface area contributed by atoms with Crippen LogP contribution < -0.4 is 10.7 Å². The summed E-state index contributed by atoms with van der Waals surface area (Å²) in [4.78, 5) is 16.1. The summed E-state index contributed by atoms with van der Waals surface area (Å²) in [6.07, 6.45) is 1.66. The Balaban J connectivity index is 1.83. The van der Waals surface area contributed by atoms with Crippen molar-refractivity contribution >= 4 is 45.2 Å². The maximum Gasteiger partial charge on any atom is 0.221 e. The number of carbonyl (C=O) groups is 1. The van der Waals surface area contributed by atoms with Gasteiger partial charge in [-0.3, -0.25) is 10.2 Å². The number of hydrogen-bond donors (Lipinski definition) is 2. The minimum atomic E-state index is -0.143. The minimum Gasteiger partial charge on any atom is -0.316 e. The van der Waals surface area contributed by atoms with Crippen LogP contribution in [0.5, 0.6) is 0 Å². The number of aromatic nitrogens is 1. The fraction of sp³-hybridized carbons (Fsp3) is 0.105. The monoisotopic (exact) mass is 384 g/mol. The van der Waals surface area contributed by atoms with Crippen molar-refractivity contribution in [3.63, 3.8) is 0 Å². The lowest BCUT2D eigenvalue weighted by Gasteiger charge is -2.02. The van der Waals surface area contributed by atoms with E-state index in [4.69, 9.17) is 11.6 Å². The molecule has 0 aliphatic rings. The normalized spacial score (nSPS) is 10.9. The first kappa shape index (κ1) is 18.1. The van der Waals surface area contributed by atoms with E-state index in [2.05, 4.69) is 20.8 Å². The third kappa shape index (κ3) is 4.68. The second-order valence-electron chi connectivity index (χ2n) is 5.67. The number of benzene rings is 2. The molecule has 0 unspecified atom stereocenters. The van der Waals surface area contributed by atoms with Gasteiger partial charge in [0.25, 0.3) is 0 Å². The number of thiazole rings is 1. The molecule has 0 saturated heterocycles. The van der Waals surface area contributed by atoms with Gasteiger partial charge in [-0.15, -0.1) is 0 Å². The number of nitrogens with one attached hydrogen (secondary N) is 2. The fourth-order valence-electron chi connectivity index (χ4n) is 2.27. The average Bonchev–Trinajstić information content (AvgIpc) is 2.97. The lowest BCUT2D eigenvalue weighted by atomic mass is 10.1. The molecule has 2 N–H and O–H groups in total. The quantitative estimate of drug-likeness (QED) is 0.470. The van der Waals surface area contributed by atoms with Crippen molar-refractivity contribution in [1.29, 1.82) is 0 Å². The highest BCUT2D eigenvalue weighted by Gasteiger charge is 2.14. The Bertz CT molecular complexity index is 950. The summed E-state index contributed by atoms with van der Waals surface area (Å²) in [6, 6.07) is 15.4. The lowest BCUT2D eigenvalue weighted by Crippen LogP contribution is -2.05. The summed E-state index contributed by atoms with van der Waals surface area (Å²) in [6.45, 7) is 3.50. The summed E-state index contributed by atoms with van der Waals surface area (Å²) >= 11 is 7.29. The number of nitrogens with zero attached hydrogens (tertiary/aromatic N) is 2. The molecule has 0 radical (unpaired) electrons. The molecule has 3 aromatic rings. The van der Waals surface area contributed by atoms with Gasteiger partial charge in [0.15, 0.2) is 0 Å². The Kier molecular flexibility index (Phi) is 5.65. The molecule has 2 aromatic carbocycles. The third-order valence-electron chi connectivity index (χ3n) is 3.46. The van der Waals surface area contributed by atoms with E-state index in [1.165, 1.54) is 18.3 Å². The number of amides is 1. The molecule has 0 bridgehead atoms. The van der Waals surface area contributed by atoms with Crippen LogP contribution in [0.25, 0.3) is 11.3 Å². The van der Waals surface area contributed by atoms with Gasteiger partial charge in [0, 0.05) is 17.5 Å². The molecule has 0 saturated carbocycles. The van der Waals surface area contributed by atoms with Crippen LogP contribution in [0.15, 0.2) is 53.6 Å². The number of hydrogen-bond acceptors (Lipinski definition) is 5. The van der Waals surface area contributed by atoms with E-state index >= 15 is 0 Å². The smallest absolute Gasteiger partial charge is 0.221 e. The van der Waals surface area contributed by atoms with Gasteiger partial charge in [0.05, 0.1) is 6.21 Å². The van der Waals surface area contributed by atoms with E-state index in [0.717, 1.165) is 16.7 Å². The van der Waals surface area contributed by atoms with Crippen molar-refractivity contribution < 1.29 is 4.79 Å². The molecular weight excluding hydrogens is 368 g/mol. The van der Waals surface area contributed by atoms with Crippen LogP contribution in [0.3, 0.4) is 0 Å². The molecule has 5 nitrogen and oxygen atoms in total. The Morgan fingerprint density at radius 3 is 2.69 bits per heavy atom. The summed E-state index contributed by atoms with van der Waals surface area (Å²) in [7, 11) is 0. The standard InChI is InChI=1S/C19H17ClN4OS/c1-12-6-8-15(9-7-12)17-18(22-13(2)25)26-19(23-17)24-21-11-14-4-3-5-16(20)10-14/h3-11H,1-2H3,(H,22,25)(H,23,24). The summed E-state index contributed by atoms with van der Waals surface area (Å²) in [5.41, 5.74) is 6.60. The van der Waals surface area contributed by atoms with Crippen LogP contribution in [0, 0.1) is 6.92 Å². The first-order valence-corrected chi connectivity index (χ1v) is 9.11. The molecule has 1 aromatic heterocycles. The van der Waals surface area contributed by atoms with Gasteiger partial charge < -0.3 is 5.32 Å². The molecule has 132 valence electrons. The van der Waals surface area contributed by atoms with Gasteiger partial charge >= 0.3 is 0 Å². The number of hydrazone groups is 1. The van der Waals surface area contributed by atoms with Crippen LogP contribution in [0.1, 0.15) is 18.1 Å². The van der Waals surface area contributed by atoms with Crippen LogP contribution in [0.4, 0.5) is 10.1 Å². The van der Waals surface area contributed by atoms with Crippen molar-refractivity contribution in [1.82, 2.24) is 4.98 Å². The van der Waals surface area contributed by atoms with Gasteiger partial charge in [-0.1, -0.05) is 64.9 Å². The van der Waals surface area contributed by atoms with Crippen LogP contribution in [-0.2, 0) is 4.79 Å². The van der Waals surface area contributed by atoms with E-state index < -0.39 is 0 Å². The highest BCUT2D eigenvalue weighted by atomic mass is 35.5. The summed E-state index contributed by atoms with van der Waals surface area (Å²) in [5.74, 6) is -0.143. The van der Waals surface area contributed by atoms with Gasteiger partial charge in [0.2, 0.25) is 11.0 Å². The number of halogens is 1. The Morgan fingerprint density at radius 2 is 2.00 bits per heavy atom. The van der Waals surface area contributed by atoms with E-state index in [9.17, 15) is 4.79 Å². The predicted molar refractivity (Wildman–Crippen MR) is 109 cm³/mol. The van der Waals surface area contributed by atoms with Crippen molar-refractivity contribution in [3.05, 3.63) is 64.7 Å². The largest absolute Gasteiger partial charge is 0.316 e. The molecule has 0 aliphatic carbocycles. The fourth-order valence-corrected chi connectivity index (χ4v) is 3.35. The molecule has 0 spiro atoms. The minimum absolute atomic E-state index is 0.143. The molecule has 0 aliphatic heterocycles. The van der Waals surface area contributed by atoms with Gasteiger partial charge in [0.1, 0.15) is 10.7 Å². The van der Waals surface area contributed by atoms with Crippen molar-refractivity contribution in [2.24, 2.45) is 5.10 Å². The van der Waals surface area contributed by atoms with Gasteiger partial charge in [-0.2, -0.15) is 5.10 Å². The highest BCUT2D eigenvalue weighted by molar-refractivity contribution is 7.20. The zero-order chi connectivity index (χ0) is 18.5. The zero-order valence-corrected chi connectivity index (χ0v) is 15.9. The molecule has 1 heterocycles. The number of carbonyl (C=O) groups excluding carboxylic acids is 1. The predicted octanol–water partition coefficient (Wildman–Crippen LogP) is 5.18. The first-order valence-electron chi connectivity index (χ1n) is 7.91.